The van der Waals surface area contributed by atoms with Crippen LogP contribution in [0, 0.1) is 34.0 Å². The van der Waals surface area contributed by atoms with E-state index in [2.05, 4.69) is 0 Å². The maximum Gasteiger partial charge on any atom is 0.352 e. The van der Waals surface area contributed by atoms with Crippen molar-refractivity contribution in [3.63, 3.8) is 0 Å². The Balaban J connectivity index is 1.32. The van der Waals surface area contributed by atoms with Gasteiger partial charge in [0.15, 0.2) is 18.1 Å². The summed E-state index contributed by atoms with van der Waals surface area (Å²) >= 11 is 0. The summed E-state index contributed by atoms with van der Waals surface area (Å²) in [4.78, 5) is 39.6. The number of allylic oxidation sites excluding steroid dienone is 4. The van der Waals surface area contributed by atoms with Crippen LogP contribution >= 0.6 is 0 Å². The second-order valence-corrected chi connectivity index (χ2v) is 12.7. The molecule has 9 heteroatoms. The Labute approximate surface area is 255 Å². The number of carbonyl (C=O) groups is 3. The quantitative estimate of drug-likeness (QED) is 0.413. The normalized spacial score (nSPS) is 35.3. The summed E-state index contributed by atoms with van der Waals surface area (Å²) in [5, 5.41) is 20.8. The molecule has 0 saturated heterocycles. The fourth-order valence-corrected chi connectivity index (χ4v) is 8.46. The number of fused-ring (bicyclic) bond motifs is 5. The average molecular weight is 600 g/mol. The number of nitrogens with zero attached hydrogens (tertiary/aromatic N) is 1. The number of carbonyl (C=O) groups excluding carboxylic acids is 3. The number of rotatable bonds is 6. The van der Waals surface area contributed by atoms with Gasteiger partial charge in [-0.05, 0) is 93.5 Å². The molecule has 0 spiro atoms. The van der Waals surface area contributed by atoms with Crippen LogP contribution in [0.5, 0.6) is 11.5 Å². The van der Waals surface area contributed by atoms with E-state index in [9.17, 15) is 19.5 Å². The minimum absolute atomic E-state index is 0.0480. The van der Waals surface area contributed by atoms with Crippen LogP contribution in [0.3, 0.4) is 0 Å². The van der Waals surface area contributed by atoms with Crippen molar-refractivity contribution in [3.05, 3.63) is 84.0 Å². The standard InChI is InChI=1S/C35H34FNO7/c1-32-16-14-24(38)20-23(32)10-13-28-27-15-17-34(31(41)42-19-18-37,33(27,2)21-29(39)35(28,32)36)44-30(40)22-8-11-26(12-9-22)43-25-6-4-3-5-7-25/h3-9,11-12,14,16,20,27-29,39H,10,13,15,17,19,21H2,1-2H3/t27-,28-,29-,32-,33-,34-,35-/m0/s1. The number of aliphatic hydroxyl groups is 1. The minimum atomic E-state index is -2.11. The Hall–Kier alpha value is -4.29. The zero-order chi connectivity index (χ0) is 31.3. The largest absolute Gasteiger partial charge is 0.457 e. The number of halogens is 1. The molecule has 0 aliphatic heterocycles. The molecule has 4 aliphatic carbocycles. The monoisotopic (exact) mass is 599 g/mol. The molecule has 7 atom stereocenters. The van der Waals surface area contributed by atoms with Gasteiger partial charge in [0, 0.05) is 16.7 Å². The maximum atomic E-state index is 17.5. The third-order valence-electron chi connectivity index (χ3n) is 10.7. The van der Waals surface area contributed by atoms with Gasteiger partial charge in [-0.2, -0.15) is 5.26 Å². The topological polar surface area (TPSA) is 123 Å². The van der Waals surface area contributed by atoms with Gasteiger partial charge in [0.05, 0.1) is 11.7 Å². The zero-order valence-electron chi connectivity index (χ0n) is 24.6. The maximum absolute atomic E-state index is 17.5. The van der Waals surface area contributed by atoms with E-state index >= 15 is 4.39 Å². The van der Waals surface area contributed by atoms with Crippen molar-refractivity contribution in [2.24, 2.45) is 22.7 Å². The third kappa shape index (κ3) is 4.30. The molecule has 228 valence electrons. The Morgan fingerprint density at radius 1 is 1.05 bits per heavy atom. The lowest BCUT2D eigenvalue weighted by atomic mass is 9.45. The SMILES string of the molecule is C[C@]12C=CC(=O)C=C1CC[C@H]1[C@@H]3CC[C@](OC(=O)c4ccc(Oc5ccccc5)cc4)(C(=O)OCC#N)[C@@]3(C)C[C@H](O)[C@@]12F. The van der Waals surface area contributed by atoms with Crippen molar-refractivity contribution in [3.8, 4) is 17.6 Å². The molecule has 0 unspecified atom stereocenters. The predicted octanol–water partition coefficient (Wildman–Crippen LogP) is 5.81. The molecule has 0 heterocycles. The van der Waals surface area contributed by atoms with Gasteiger partial charge in [-0.15, -0.1) is 0 Å². The molecule has 0 radical (unpaired) electrons. The predicted molar refractivity (Wildman–Crippen MR) is 156 cm³/mol. The molecule has 6 rings (SSSR count). The highest BCUT2D eigenvalue weighted by Gasteiger charge is 2.76. The van der Waals surface area contributed by atoms with Crippen LogP contribution in [0.25, 0.3) is 0 Å². The average Bonchev–Trinajstić information content (AvgIpc) is 3.29. The van der Waals surface area contributed by atoms with E-state index in [4.69, 9.17) is 19.5 Å². The summed E-state index contributed by atoms with van der Waals surface area (Å²) in [7, 11) is 0. The van der Waals surface area contributed by atoms with E-state index in [-0.39, 0.29) is 24.2 Å². The number of alkyl halides is 1. The van der Waals surface area contributed by atoms with E-state index in [1.807, 2.05) is 18.2 Å². The second kappa shape index (κ2) is 10.7. The molecule has 0 aromatic heterocycles. The summed E-state index contributed by atoms with van der Waals surface area (Å²) in [5.74, 6) is -1.89. The molecule has 3 saturated carbocycles. The van der Waals surface area contributed by atoms with Crippen LogP contribution in [0.15, 0.2) is 78.4 Å². The Morgan fingerprint density at radius 2 is 1.75 bits per heavy atom. The zero-order valence-corrected chi connectivity index (χ0v) is 24.6. The van der Waals surface area contributed by atoms with Gasteiger partial charge < -0.3 is 19.3 Å². The van der Waals surface area contributed by atoms with E-state index in [0.717, 1.165) is 0 Å². The lowest BCUT2D eigenvalue weighted by molar-refractivity contribution is -0.224. The van der Waals surface area contributed by atoms with Crippen molar-refractivity contribution in [1.82, 2.24) is 0 Å². The lowest BCUT2D eigenvalue weighted by Crippen LogP contribution is -2.69. The molecule has 2 aromatic carbocycles. The third-order valence-corrected chi connectivity index (χ3v) is 10.7. The second-order valence-electron chi connectivity index (χ2n) is 12.7. The molecule has 8 nitrogen and oxygen atoms in total. The van der Waals surface area contributed by atoms with Crippen molar-refractivity contribution in [2.75, 3.05) is 6.61 Å². The Kier molecular flexibility index (Phi) is 7.24. The first kappa shape index (κ1) is 29.8. The highest BCUT2D eigenvalue weighted by molar-refractivity contribution is 6.01. The summed E-state index contributed by atoms with van der Waals surface area (Å²) in [6.45, 7) is 2.92. The van der Waals surface area contributed by atoms with E-state index < -0.39 is 58.6 Å². The molecule has 1 N–H and O–H groups in total. The molecule has 3 fully saturated rings. The summed E-state index contributed by atoms with van der Waals surface area (Å²) < 4.78 is 34.7. The molecular formula is C35H34FNO7. The summed E-state index contributed by atoms with van der Waals surface area (Å²) in [6, 6.07) is 17.2. The summed E-state index contributed by atoms with van der Waals surface area (Å²) in [6.07, 6.45) is 3.88. The molecule has 44 heavy (non-hydrogen) atoms. The number of aliphatic hydroxyl groups excluding tert-OH is 1. The lowest BCUT2D eigenvalue weighted by Gasteiger charge is -2.62. The molecule has 0 amide bonds. The van der Waals surface area contributed by atoms with Crippen molar-refractivity contribution >= 4 is 17.7 Å². The van der Waals surface area contributed by atoms with Crippen LogP contribution in [0.2, 0.25) is 0 Å². The Bertz CT molecular complexity index is 1600. The van der Waals surface area contributed by atoms with Crippen molar-refractivity contribution < 1.29 is 38.1 Å². The van der Waals surface area contributed by atoms with Crippen LogP contribution in [-0.4, -0.2) is 46.8 Å². The molecule has 0 bridgehead atoms. The number of benzene rings is 2. The number of hydrogen-bond donors (Lipinski definition) is 1. The fraction of sp³-hybridized carbons (Fsp3) is 0.429. The van der Waals surface area contributed by atoms with Crippen molar-refractivity contribution in [2.45, 2.75) is 63.3 Å². The van der Waals surface area contributed by atoms with E-state index in [1.165, 1.54) is 24.3 Å². The minimum Gasteiger partial charge on any atom is -0.457 e. The smallest absolute Gasteiger partial charge is 0.352 e. The first-order valence-electron chi connectivity index (χ1n) is 14.9. The fourth-order valence-electron chi connectivity index (χ4n) is 8.46. The first-order chi connectivity index (χ1) is 21.0. The van der Waals surface area contributed by atoms with E-state index in [0.29, 0.717) is 36.3 Å². The van der Waals surface area contributed by atoms with Gasteiger partial charge in [0.25, 0.3) is 0 Å². The molecule has 2 aromatic rings. The van der Waals surface area contributed by atoms with Gasteiger partial charge in [-0.1, -0.05) is 36.8 Å². The van der Waals surface area contributed by atoms with Gasteiger partial charge in [0.1, 0.15) is 17.6 Å². The molecular weight excluding hydrogens is 565 g/mol. The number of esters is 2. The summed E-state index contributed by atoms with van der Waals surface area (Å²) in [5.41, 5.74) is -5.55. The number of ketones is 1. The van der Waals surface area contributed by atoms with E-state index in [1.54, 1.807) is 50.3 Å². The molecule has 4 aliphatic rings. The number of para-hydroxylation sites is 1. The number of nitriles is 1. The van der Waals surface area contributed by atoms with Gasteiger partial charge in [-0.25, -0.2) is 14.0 Å². The highest BCUT2D eigenvalue weighted by Crippen LogP contribution is 2.70. The van der Waals surface area contributed by atoms with Crippen molar-refractivity contribution in [1.29, 1.82) is 5.26 Å². The van der Waals surface area contributed by atoms with Gasteiger partial charge >= 0.3 is 11.9 Å². The van der Waals surface area contributed by atoms with Crippen LogP contribution in [-0.2, 0) is 19.1 Å². The van der Waals surface area contributed by atoms with Crippen LogP contribution in [0.1, 0.15) is 56.3 Å². The number of ether oxygens (including phenoxy) is 3. The van der Waals surface area contributed by atoms with Gasteiger partial charge in [0.2, 0.25) is 5.60 Å². The van der Waals surface area contributed by atoms with Crippen LogP contribution < -0.4 is 4.74 Å². The highest BCUT2D eigenvalue weighted by atomic mass is 19.1. The first-order valence-corrected chi connectivity index (χ1v) is 14.9. The Morgan fingerprint density at radius 3 is 2.45 bits per heavy atom. The van der Waals surface area contributed by atoms with Crippen LogP contribution in [0.4, 0.5) is 4.39 Å². The van der Waals surface area contributed by atoms with Gasteiger partial charge in [-0.3, -0.25) is 4.79 Å². The number of hydrogen-bond acceptors (Lipinski definition) is 8.